The standard InChI is InChI=1S/C13H16N2O3S/c1-9-13(2,7-8-18-9)14-12-10-5-3-4-6-11(10)19(16,17)15-12/h3-6,9H,7-8H2,1-2H3,(H,14,15). The van der Waals surface area contributed by atoms with Crippen LogP contribution in [0.5, 0.6) is 0 Å². The summed E-state index contributed by atoms with van der Waals surface area (Å²) in [6.45, 7) is 4.61. The Balaban J connectivity index is 2.09. The van der Waals surface area contributed by atoms with Gasteiger partial charge < -0.3 is 4.74 Å². The number of hydrogen-bond acceptors (Lipinski definition) is 4. The van der Waals surface area contributed by atoms with E-state index in [1.54, 1.807) is 18.2 Å². The lowest BCUT2D eigenvalue weighted by molar-refractivity contribution is 0.101. The van der Waals surface area contributed by atoms with Crippen LogP contribution in [0.2, 0.25) is 0 Å². The van der Waals surface area contributed by atoms with Gasteiger partial charge in [-0.05, 0) is 32.4 Å². The molecule has 0 amide bonds. The Bertz CT molecular complexity index is 654. The summed E-state index contributed by atoms with van der Waals surface area (Å²) in [5.74, 6) is 0.426. The number of hydrogen-bond donors (Lipinski definition) is 1. The molecule has 0 saturated carbocycles. The topological polar surface area (TPSA) is 67.8 Å². The fraction of sp³-hybridized carbons (Fsp3) is 0.462. The van der Waals surface area contributed by atoms with Crippen LogP contribution in [0.1, 0.15) is 25.8 Å². The number of nitrogens with one attached hydrogen (secondary N) is 1. The molecular formula is C13H16N2O3S. The van der Waals surface area contributed by atoms with Crippen molar-refractivity contribution in [2.45, 2.75) is 36.8 Å². The Morgan fingerprint density at radius 2 is 2.16 bits per heavy atom. The number of nitrogens with zero attached hydrogens (tertiary/aromatic N) is 1. The normalized spacial score (nSPS) is 34.2. The Labute approximate surface area is 112 Å². The van der Waals surface area contributed by atoms with Crippen LogP contribution in [-0.4, -0.2) is 32.5 Å². The van der Waals surface area contributed by atoms with Crippen molar-refractivity contribution < 1.29 is 13.2 Å². The van der Waals surface area contributed by atoms with Crippen LogP contribution < -0.4 is 4.72 Å². The van der Waals surface area contributed by atoms with E-state index in [0.717, 1.165) is 6.42 Å². The summed E-state index contributed by atoms with van der Waals surface area (Å²) in [5.41, 5.74) is 0.262. The number of benzene rings is 1. The minimum atomic E-state index is -3.46. The van der Waals surface area contributed by atoms with Gasteiger partial charge in [0.05, 0.1) is 16.5 Å². The second-order valence-electron chi connectivity index (χ2n) is 5.18. The van der Waals surface area contributed by atoms with E-state index in [4.69, 9.17) is 4.74 Å². The van der Waals surface area contributed by atoms with Gasteiger partial charge >= 0.3 is 0 Å². The van der Waals surface area contributed by atoms with Crippen LogP contribution in [0.4, 0.5) is 0 Å². The molecule has 1 N–H and O–H groups in total. The van der Waals surface area contributed by atoms with E-state index in [1.807, 2.05) is 19.9 Å². The summed E-state index contributed by atoms with van der Waals surface area (Å²) < 4.78 is 32.1. The van der Waals surface area contributed by atoms with Gasteiger partial charge in [-0.25, -0.2) is 8.42 Å². The first kappa shape index (κ1) is 12.6. The summed E-state index contributed by atoms with van der Waals surface area (Å²) >= 11 is 0. The van der Waals surface area contributed by atoms with Gasteiger partial charge in [-0.3, -0.25) is 9.71 Å². The Morgan fingerprint density at radius 1 is 1.42 bits per heavy atom. The second kappa shape index (κ2) is 4.05. The molecule has 5 nitrogen and oxygen atoms in total. The molecule has 1 saturated heterocycles. The maximum Gasteiger partial charge on any atom is 0.263 e. The van der Waals surface area contributed by atoms with Crippen LogP contribution >= 0.6 is 0 Å². The predicted molar refractivity (Wildman–Crippen MR) is 71.7 cm³/mol. The summed E-state index contributed by atoms with van der Waals surface area (Å²) in [6.07, 6.45) is 0.777. The van der Waals surface area contributed by atoms with E-state index in [1.165, 1.54) is 0 Å². The van der Waals surface area contributed by atoms with Crippen molar-refractivity contribution in [3.8, 4) is 0 Å². The molecule has 0 aromatic heterocycles. The molecule has 2 heterocycles. The maximum absolute atomic E-state index is 12.0. The molecule has 1 fully saturated rings. The SMILES string of the molecule is CC1OCCC1(C)N=C1NS(=O)(=O)c2ccccc21. The van der Waals surface area contributed by atoms with Crippen molar-refractivity contribution >= 4 is 15.9 Å². The van der Waals surface area contributed by atoms with Gasteiger partial charge in [0, 0.05) is 12.2 Å². The summed E-state index contributed by atoms with van der Waals surface area (Å²) in [7, 11) is -3.46. The summed E-state index contributed by atoms with van der Waals surface area (Å²) in [5, 5.41) is 0. The van der Waals surface area contributed by atoms with Gasteiger partial charge in [0.1, 0.15) is 5.84 Å². The number of aliphatic imine (C=N–C) groups is 1. The van der Waals surface area contributed by atoms with Crippen LogP contribution in [0, 0.1) is 0 Å². The molecule has 0 spiro atoms. The highest BCUT2D eigenvalue weighted by atomic mass is 32.2. The number of ether oxygens (including phenoxy) is 1. The van der Waals surface area contributed by atoms with Gasteiger partial charge in [-0.1, -0.05) is 12.1 Å². The van der Waals surface area contributed by atoms with E-state index in [0.29, 0.717) is 22.9 Å². The molecule has 2 unspecified atom stereocenters. The molecule has 0 bridgehead atoms. The zero-order chi connectivity index (χ0) is 13.7. The zero-order valence-electron chi connectivity index (χ0n) is 10.9. The molecule has 1 aromatic carbocycles. The first-order valence-electron chi connectivity index (χ1n) is 6.26. The lowest BCUT2D eigenvalue weighted by Crippen LogP contribution is -2.34. The Morgan fingerprint density at radius 3 is 2.84 bits per heavy atom. The van der Waals surface area contributed by atoms with Crippen molar-refractivity contribution in [1.82, 2.24) is 4.72 Å². The number of rotatable bonds is 1. The summed E-state index contributed by atoms with van der Waals surface area (Å²) in [4.78, 5) is 4.92. The number of sulfonamides is 1. The minimum Gasteiger partial charge on any atom is -0.376 e. The highest BCUT2D eigenvalue weighted by molar-refractivity contribution is 7.90. The fourth-order valence-corrected chi connectivity index (χ4v) is 3.68. The quantitative estimate of drug-likeness (QED) is 0.843. The molecule has 0 radical (unpaired) electrons. The van der Waals surface area contributed by atoms with E-state index in [9.17, 15) is 8.42 Å². The molecule has 19 heavy (non-hydrogen) atoms. The smallest absolute Gasteiger partial charge is 0.263 e. The van der Waals surface area contributed by atoms with Gasteiger partial charge in [0.2, 0.25) is 0 Å². The maximum atomic E-state index is 12.0. The van der Waals surface area contributed by atoms with Crippen molar-refractivity contribution in [1.29, 1.82) is 0 Å². The van der Waals surface area contributed by atoms with E-state index < -0.39 is 10.0 Å². The van der Waals surface area contributed by atoms with Crippen molar-refractivity contribution in [3.05, 3.63) is 29.8 Å². The second-order valence-corrected chi connectivity index (χ2v) is 6.83. The highest BCUT2D eigenvalue weighted by Crippen LogP contribution is 2.31. The lowest BCUT2D eigenvalue weighted by atomic mass is 9.95. The molecule has 2 atom stereocenters. The average molecular weight is 280 g/mol. The monoisotopic (exact) mass is 280 g/mol. The Hall–Kier alpha value is -1.40. The third kappa shape index (κ3) is 1.95. The van der Waals surface area contributed by atoms with Gasteiger partial charge in [-0.2, -0.15) is 0 Å². The van der Waals surface area contributed by atoms with Crippen molar-refractivity contribution in [2.24, 2.45) is 4.99 Å². The highest BCUT2D eigenvalue weighted by Gasteiger charge is 2.39. The largest absolute Gasteiger partial charge is 0.376 e. The van der Waals surface area contributed by atoms with Gasteiger partial charge in [0.15, 0.2) is 0 Å². The van der Waals surface area contributed by atoms with E-state index in [-0.39, 0.29) is 11.6 Å². The fourth-order valence-electron chi connectivity index (χ4n) is 2.44. The van der Waals surface area contributed by atoms with E-state index in [2.05, 4.69) is 9.71 Å². The van der Waals surface area contributed by atoms with Crippen LogP contribution in [-0.2, 0) is 14.8 Å². The zero-order valence-corrected chi connectivity index (χ0v) is 11.7. The molecule has 6 heteroatoms. The third-order valence-corrected chi connectivity index (χ3v) is 5.28. The summed E-state index contributed by atoms with van der Waals surface area (Å²) in [6, 6.07) is 6.89. The first-order chi connectivity index (χ1) is 8.92. The van der Waals surface area contributed by atoms with Crippen LogP contribution in [0.3, 0.4) is 0 Å². The Kier molecular flexibility index (Phi) is 2.69. The van der Waals surface area contributed by atoms with E-state index >= 15 is 0 Å². The van der Waals surface area contributed by atoms with Crippen molar-refractivity contribution in [3.63, 3.8) is 0 Å². The molecular weight excluding hydrogens is 264 g/mol. The number of fused-ring (bicyclic) bond motifs is 1. The first-order valence-corrected chi connectivity index (χ1v) is 7.74. The molecule has 2 aliphatic heterocycles. The van der Waals surface area contributed by atoms with Crippen LogP contribution in [0.15, 0.2) is 34.2 Å². The molecule has 0 aliphatic carbocycles. The van der Waals surface area contributed by atoms with Gasteiger partial charge in [0.25, 0.3) is 10.0 Å². The molecule has 3 rings (SSSR count). The average Bonchev–Trinajstić information content (AvgIpc) is 2.80. The minimum absolute atomic E-state index is 0.0164. The molecule has 2 aliphatic rings. The predicted octanol–water partition coefficient (Wildman–Crippen LogP) is 1.29. The molecule has 102 valence electrons. The number of amidine groups is 1. The van der Waals surface area contributed by atoms with Crippen molar-refractivity contribution in [2.75, 3.05) is 6.61 Å². The van der Waals surface area contributed by atoms with Gasteiger partial charge in [-0.15, -0.1) is 0 Å². The van der Waals surface area contributed by atoms with Crippen LogP contribution in [0.25, 0.3) is 0 Å². The lowest BCUT2D eigenvalue weighted by Gasteiger charge is -2.23. The third-order valence-electron chi connectivity index (χ3n) is 3.88. The molecule has 1 aromatic rings.